The predicted molar refractivity (Wildman–Crippen MR) is 183 cm³/mol. The van der Waals surface area contributed by atoms with E-state index in [2.05, 4.69) is 73.8 Å². The molecule has 0 spiro atoms. The fourth-order valence-corrected chi connectivity index (χ4v) is 4.38. The van der Waals surface area contributed by atoms with E-state index >= 15 is 0 Å². The maximum Gasteiger partial charge on any atom is 0.341 e. The number of carbonyl (C=O) groups is 3. The van der Waals surface area contributed by atoms with Gasteiger partial charge in [-0.15, -0.1) is 0 Å². The molecular formula is C39H54O5. The number of aryl methyl sites for hydroxylation is 1. The smallest absolute Gasteiger partial charge is 0.341 e. The summed E-state index contributed by atoms with van der Waals surface area (Å²) in [5, 5.41) is 0. The van der Waals surface area contributed by atoms with Crippen molar-refractivity contribution < 1.29 is 23.9 Å². The van der Waals surface area contributed by atoms with Crippen LogP contribution in [0.5, 0.6) is 5.75 Å². The van der Waals surface area contributed by atoms with Crippen molar-refractivity contribution in [1.82, 2.24) is 0 Å². The van der Waals surface area contributed by atoms with Crippen LogP contribution in [0.3, 0.4) is 0 Å². The summed E-state index contributed by atoms with van der Waals surface area (Å²) in [5.41, 5.74) is 1.06. The average Bonchev–Trinajstić information content (AvgIpc) is 2.98. The Morgan fingerprint density at radius 1 is 0.750 bits per heavy atom. The average molecular weight is 603 g/mol. The number of ether oxygens (including phenoxy) is 2. The molecule has 0 amide bonds. The number of hydrogen-bond donors (Lipinski definition) is 0. The molecule has 0 heterocycles. The highest BCUT2D eigenvalue weighted by Gasteiger charge is 2.26. The van der Waals surface area contributed by atoms with Gasteiger partial charge in [0.25, 0.3) is 0 Å². The first-order valence-electron chi connectivity index (χ1n) is 16.2. The third kappa shape index (κ3) is 18.7. The van der Waals surface area contributed by atoms with Gasteiger partial charge in [-0.05, 0) is 88.8 Å². The minimum Gasteiger partial charge on any atom is -0.462 e. The number of hydrogen-bond acceptors (Lipinski definition) is 5. The Hall–Kier alpha value is -3.73. The molecule has 0 aliphatic carbocycles. The predicted octanol–water partition coefficient (Wildman–Crippen LogP) is 10.2. The van der Waals surface area contributed by atoms with Crippen molar-refractivity contribution in [1.29, 1.82) is 0 Å². The van der Waals surface area contributed by atoms with Gasteiger partial charge in [0.15, 0.2) is 0 Å². The maximum absolute atomic E-state index is 13.1. The Morgan fingerprint density at radius 3 is 1.77 bits per heavy atom. The van der Waals surface area contributed by atoms with Crippen LogP contribution in [-0.2, 0) is 14.3 Å². The minimum absolute atomic E-state index is 0.0296. The topological polar surface area (TPSA) is 69.7 Å². The second-order valence-corrected chi connectivity index (χ2v) is 11.2. The van der Waals surface area contributed by atoms with Crippen LogP contribution in [0.15, 0.2) is 91.1 Å². The Kier molecular flexibility index (Phi) is 21.5. The van der Waals surface area contributed by atoms with Crippen molar-refractivity contribution in [2.24, 2.45) is 11.8 Å². The number of benzene rings is 1. The first-order chi connectivity index (χ1) is 21.3. The lowest BCUT2D eigenvalue weighted by Gasteiger charge is -2.18. The van der Waals surface area contributed by atoms with Gasteiger partial charge in [-0.2, -0.15) is 0 Å². The van der Waals surface area contributed by atoms with E-state index in [4.69, 9.17) is 9.47 Å². The molecule has 0 aliphatic rings. The lowest BCUT2D eigenvalue weighted by Crippen LogP contribution is -2.25. The molecule has 0 N–H and O–H groups in total. The molecule has 1 aromatic carbocycles. The molecule has 0 saturated carbocycles. The quantitative estimate of drug-likeness (QED) is 0.0750. The summed E-state index contributed by atoms with van der Waals surface area (Å²) in [6, 6.07) is 5.03. The van der Waals surface area contributed by atoms with E-state index in [1.165, 1.54) is 0 Å². The molecule has 0 radical (unpaired) electrons. The monoisotopic (exact) mass is 602 g/mol. The van der Waals surface area contributed by atoms with Crippen LogP contribution >= 0.6 is 0 Å². The molecule has 0 bridgehead atoms. The van der Waals surface area contributed by atoms with Crippen molar-refractivity contribution in [3.63, 3.8) is 0 Å². The molecule has 5 nitrogen and oxygen atoms in total. The SMILES string of the molecule is CC/C=C\C/C=C\C/C=C\C/C=C\C/C=C\C/C=C\CCC(=O)CC(CC(C)C)C(=O)Oc1cc(C)ccc1C(=O)OCC. The summed E-state index contributed by atoms with van der Waals surface area (Å²) in [6.45, 7) is 9.98. The van der Waals surface area contributed by atoms with E-state index in [0.717, 1.165) is 44.1 Å². The van der Waals surface area contributed by atoms with Gasteiger partial charge in [0.1, 0.15) is 17.1 Å². The highest BCUT2D eigenvalue weighted by molar-refractivity contribution is 5.94. The first kappa shape index (κ1) is 38.3. The molecule has 5 heteroatoms. The molecule has 0 aliphatic heterocycles. The van der Waals surface area contributed by atoms with Crippen LogP contribution in [0.1, 0.15) is 108 Å². The summed E-state index contributed by atoms with van der Waals surface area (Å²) in [6.07, 6.45) is 33.3. The zero-order valence-corrected chi connectivity index (χ0v) is 27.6. The number of allylic oxidation sites excluding steroid dienone is 12. The van der Waals surface area contributed by atoms with Crippen molar-refractivity contribution >= 4 is 17.7 Å². The van der Waals surface area contributed by atoms with Crippen LogP contribution in [0.25, 0.3) is 0 Å². The fourth-order valence-electron chi connectivity index (χ4n) is 4.38. The van der Waals surface area contributed by atoms with Crippen LogP contribution < -0.4 is 4.74 Å². The van der Waals surface area contributed by atoms with Gasteiger partial charge in [-0.3, -0.25) is 9.59 Å². The van der Waals surface area contributed by atoms with Crippen LogP contribution in [0.4, 0.5) is 0 Å². The molecule has 44 heavy (non-hydrogen) atoms. The molecule has 240 valence electrons. The van der Waals surface area contributed by atoms with Crippen LogP contribution in [-0.4, -0.2) is 24.3 Å². The summed E-state index contributed by atoms with van der Waals surface area (Å²) in [7, 11) is 0. The van der Waals surface area contributed by atoms with E-state index in [-0.39, 0.29) is 36.0 Å². The lowest BCUT2D eigenvalue weighted by molar-refractivity contribution is -0.141. The van der Waals surface area contributed by atoms with Gasteiger partial charge < -0.3 is 9.47 Å². The number of esters is 2. The number of carbonyl (C=O) groups excluding carboxylic acids is 3. The zero-order chi connectivity index (χ0) is 32.4. The third-order valence-corrected chi connectivity index (χ3v) is 6.59. The van der Waals surface area contributed by atoms with Gasteiger partial charge in [-0.1, -0.05) is 99.7 Å². The number of ketones is 1. The highest BCUT2D eigenvalue weighted by Crippen LogP contribution is 2.25. The Bertz CT molecular complexity index is 1160. The summed E-state index contributed by atoms with van der Waals surface area (Å²) < 4.78 is 10.8. The largest absolute Gasteiger partial charge is 0.462 e. The second-order valence-electron chi connectivity index (χ2n) is 11.2. The molecule has 1 rings (SSSR count). The summed E-state index contributed by atoms with van der Waals surface area (Å²) >= 11 is 0. The van der Waals surface area contributed by atoms with Gasteiger partial charge in [-0.25, -0.2) is 4.79 Å². The van der Waals surface area contributed by atoms with E-state index < -0.39 is 17.9 Å². The molecule has 1 aromatic rings. The summed E-state index contributed by atoms with van der Waals surface area (Å²) in [4.78, 5) is 38.2. The van der Waals surface area contributed by atoms with Gasteiger partial charge >= 0.3 is 11.9 Å². The zero-order valence-electron chi connectivity index (χ0n) is 27.6. The molecule has 0 saturated heterocycles. The number of Topliss-reactive ketones (excluding diaryl/α,β-unsaturated/α-hetero) is 1. The fraction of sp³-hybridized carbons (Fsp3) is 0.462. The van der Waals surface area contributed by atoms with Crippen molar-refractivity contribution in [3.05, 3.63) is 102 Å². The van der Waals surface area contributed by atoms with Crippen LogP contribution in [0, 0.1) is 18.8 Å². The summed E-state index contributed by atoms with van der Waals surface area (Å²) in [5.74, 6) is -1.18. The van der Waals surface area contributed by atoms with Gasteiger partial charge in [0, 0.05) is 12.8 Å². The molecule has 1 atom stereocenters. The maximum atomic E-state index is 13.1. The van der Waals surface area contributed by atoms with E-state index in [1.54, 1.807) is 25.1 Å². The van der Waals surface area contributed by atoms with Gasteiger partial charge in [0.2, 0.25) is 0 Å². The Labute approximate surface area is 266 Å². The molecule has 0 aromatic heterocycles. The Balaban J connectivity index is 2.41. The van der Waals surface area contributed by atoms with Crippen LogP contribution in [0.2, 0.25) is 0 Å². The minimum atomic E-state index is -0.566. The Morgan fingerprint density at radius 2 is 1.27 bits per heavy atom. The molecule has 1 unspecified atom stereocenters. The molecule has 0 fully saturated rings. The van der Waals surface area contributed by atoms with E-state index in [0.29, 0.717) is 19.3 Å². The number of rotatable bonds is 22. The van der Waals surface area contributed by atoms with Crippen molar-refractivity contribution in [3.8, 4) is 5.75 Å². The second kappa shape index (κ2) is 24.7. The van der Waals surface area contributed by atoms with Crippen molar-refractivity contribution in [2.75, 3.05) is 6.61 Å². The van der Waals surface area contributed by atoms with E-state index in [1.807, 2.05) is 26.8 Å². The highest BCUT2D eigenvalue weighted by atomic mass is 16.5. The standard InChI is InChI=1S/C39H54O5/c1-6-8-9-10-11-12-13-14-15-16-17-18-19-20-21-22-23-24-25-26-35(40)31-34(29-32(3)4)38(41)44-37-30-33(5)27-28-36(37)39(42)43-7-2/h8-9,11-12,14-15,17-18,20-21,23-24,27-28,30,32,34H,6-7,10,13,16,19,22,25-26,29,31H2,1-5H3/b9-8-,12-11-,15-14-,18-17-,21-20-,24-23-. The normalized spacial score (nSPS) is 13.0. The molecular weight excluding hydrogens is 548 g/mol. The van der Waals surface area contributed by atoms with Crippen molar-refractivity contribution in [2.45, 2.75) is 98.8 Å². The van der Waals surface area contributed by atoms with E-state index in [9.17, 15) is 14.4 Å². The third-order valence-electron chi connectivity index (χ3n) is 6.59. The first-order valence-corrected chi connectivity index (χ1v) is 16.2. The van der Waals surface area contributed by atoms with Gasteiger partial charge in [0.05, 0.1) is 12.5 Å². The lowest BCUT2D eigenvalue weighted by atomic mass is 9.91.